The zero-order valence-electron chi connectivity index (χ0n) is 14.6. The summed E-state index contributed by atoms with van der Waals surface area (Å²) in [5.74, 6) is -0.339. The molecule has 134 valence electrons. The Morgan fingerprint density at radius 1 is 1.20 bits per heavy atom. The molecule has 2 N–H and O–H groups in total. The van der Waals surface area contributed by atoms with Crippen LogP contribution in [0, 0.1) is 0 Å². The average Bonchev–Trinajstić information content (AvgIpc) is 3.07. The van der Waals surface area contributed by atoms with E-state index in [1.165, 1.54) is 15.8 Å². The molecular formula is C17H24N6O2. The van der Waals surface area contributed by atoms with Crippen LogP contribution in [0.5, 0.6) is 0 Å². The molecule has 0 atom stereocenters. The van der Waals surface area contributed by atoms with Crippen molar-refractivity contribution in [3.8, 4) is 0 Å². The van der Waals surface area contributed by atoms with Crippen molar-refractivity contribution in [2.45, 2.75) is 19.5 Å². The van der Waals surface area contributed by atoms with E-state index in [1.54, 1.807) is 19.0 Å². The van der Waals surface area contributed by atoms with E-state index in [0.717, 1.165) is 5.56 Å². The third-order valence-electron chi connectivity index (χ3n) is 3.69. The van der Waals surface area contributed by atoms with E-state index >= 15 is 0 Å². The van der Waals surface area contributed by atoms with Gasteiger partial charge < -0.3 is 15.5 Å². The van der Waals surface area contributed by atoms with E-state index in [0.29, 0.717) is 26.1 Å². The SMILES string of the molecule is CN(C)C(=O)Cn1cc(C(=O)N(CCCN)Cc2ccccc2)nn1. The highest BCUT2D eigenvalue weighted by molar-refractivity contribution is 5.92. The maximum atomic E-state index is 12.8. The van der Waals surface area contributed by atoms with Gasteiger partial charge in [0, 0.05) is 27.2 Å². The Labute approximate surface area is 147 Å². The molecular weight excluding hydrogens is 320 g/mol. The van der Waals surface area contributed by atoms with Crippen molar-refractivity contribution < 1.29 is 9.59 Å². The van der Waals surface area contributed by atoms with Crippen LogP contribution in [0.1, 0.15) is 22.5 Å². The van der Waals surface area contributed by atoms with Gasteiger partial charge in [-0.05, 0) is 18.5 Å². The Kier molecular flexibility index (Phi) is 6.64. The molecule has 2 amide bonds. The number of aromatic nitrogens is 3. The first-order valence-electron chi connectivity index (χ1n) is 8.15. The van der Waals surface area contributed by atoms with Crippen LogP contribution in [0.25, 0.3) is 0 Å². The molecule has 0 saturated carbocycles. The van der Waals surface area contributed by atoms with Crippen LogP contribution in [0.2, 0.25) is 0 Å². The summed E-state index contributed by atoms with van der Waals surface area (Å²) in [7, 11) is 3.33. The van der Waals surface area contributed by atoms with Crippen molar-refractivity contribution in [3.05, 3.63) is 47.8 Å². The van der Waals surface area contributed by atoms with Gasteiger partial charge in [-0.1, -0.05) is 35.5 Å². The molecule has 1 heterocycles. The summed E-state index contributed by atoms with van der Waals surface area (Å²) in [5.41, 5.74) is 6.84. The second-order valence-corrected chi connectivity index (χ2v) is 5.94. The summed E-state index contributed by atoms with van der Waals surface area (Å²) in [6.07, 6.45) is 2.20. The molecule has 0 aliphatic carbocycles. The minimum Gasteiger partial charge on any atom is -0.347 e. The number of carbonyl (C=O) groups excluding carboxylic acids is 2. The normalized spacial score (nSPS) is 10.5. The predicted molar refractivity (Wildman–Crippen MR) is 93.6 cm³/mol. The zero-order valence-corrected chi connectivity index (χ0v) is 14.6. The summed E-state index contributed by atoms with van der Waals surface area (Å²) < 4.78 is 1.37. The van der Waals surface area contributed by atoms with Crippen LogP contribution in [-0.2, 0) is 17.9 Å². The number of hydrogen-bond acceptors (Lipinski definition) is 5. The number of carbonyl (C=O) groups is 2. The van der Waals surface area contributed by atoms with E-state index in [2.05, 4.69) is 10.3 Å². The lowest BCUT2D eigenvalue weighted by atomic mass is 10.2. The first-order valence-corrected chi connectivity index (χ1v) is 8.15. The quantitative estimate of drug-likeness (QED) is 0.745. The molecule has 0 aliphatic rings. The minimum atomic E-state index is -0.221. The fourth-order valence-electron chi connectivity index (χ4n) is 2.25. The Morgan fingerprint density at radius 2 is 1.92 bits per heavy atom. The fraction of sp³-hybridized carbons (Fsp3) is 0.412. The second-order valence-electron chi connectivity index (χ2n) is 5.94. The van der Waals surface area contributed by atoms with Crippen LogP contribution in [0.3, 0.4) is 0 Å². The largest absolute Gasteiger partial charge is 0.347 e. The summed E-state index contributed by atoms with van der Waals surface area (Å²) in [5, 5.41) is 7.80. The first-order chi connectivity index (χ1) is 12.0. The highest BCUT2D eigenvalue weighted by Gasteiger charge is 2.20. The number of amides is 2. The van der Waals surface area contributed by atoms with Crippen molar-refractivity contribution in [3.63, 3.8) is 0 Å². The number of likely N-dealkylation sites (N-methyl/N-ethyl adjacent to an activating group) is 1. The van der Waals surface area contributed by atoms with Gasteiger partial charge in [-0.15, -0.1) is 5.10 Å². The van der Waals surface area contributed by atoms with Gasteiger partial charge in [-0.3, -0.25) is 9.59 Å². The summed E-state index contributed by atoms with van der Waals surface area (Å²) in [6.45, 7) is 1.56. The van der Waals surface area contributed by atoms with Crippen molar-refractivity contribution in [2.24, 2.45) is 5.73 Å². The number of benzene rings is 1. The molecule has 1 aromatic heterocycles. The molecule has 2 aromatic rings. The van der Waals surface area contributed by atoms with Gasteiger partial charge >= 0.3 is 0 Å². The number of rotatable bonds is 8. The van der Waals surface area contributed by atoms with Crippen LogP contribution in [0.15, 0.2) is 36.5 Å². The second kappa shape index (κ2) is 8.93. The van der Waals surface area contributed by atoms with Crippen LogP contribution < -0.4 is 5.73 Å². The lowest BCUT2D eigenvalue weighted by molar-refractivity contribution is -0.129. The standard InChI is InChI=1S/C17H24N6O2/c1-21(2)16(24)13-23-12-15(19-20-23)17(25)22(10-6-9-18)11-14-7-4-3-5-8-14/h3-5,7-8,12H,6,9-11,13,18H2,1-2H3. The van der Waals surface area contributed by atoms with E-state index in [9.17, 15) is 9.59 Å². The molecule has 0 spiro atoms. The number of hydrogen-bond donors (Lipinski definition) is 1. The molecule has 2 rings (SSSR count). The van der Waals surface area contributed by atoms with Crippen molar-refractivity contribution in [2.75, 3.05) is 27.2 Å². The van der Waals surface area contributed by atoms with Gasteiger partial charge in [-0.2, -0.15) is 0 Å². The third kappa shape index (κ3) is 5.39. The molecule has 1 aromatic carbocycles. The average molecular weight is 344 g/mol. The number of nitrogens with zero attached hydrogens (tertiary/aromatic N) is 5. The van der Waals surface area contributed by atoms with Gasteiger partial charge in [-0.25, -0.2) is 4.68 Å². The lowest BCUT2D eigenvalue weighted by Crippen LogP contribution is -2.32. The van der Waals surface area contributed by atoms with Gasteiger partial charge in [0.25, 0.3) is 5.91 Å². The Balaban J connectivity index is 2.10. The first kappa shape index (κ1) is 18.6. The van der Waals surface area contributed by atoms with Gasteiger partial charge in [0.2, 0.25) is 5.91 Å². The van der Waals surface area contributed by atoms with Crippen molar-refractivity contribution >= 4 is 11.8 Å². The number of nitrogens with two attached hydrogens (primary N) is 1. The van der Waals surface area contributed by atoms with Crippen molar-refractivity contribution in [1.29, 1.82) is 0 Å². The Morgan fingerprint density at radius 3 is 2.56 bits per heavy atom. The molecule has 0 saturated heterocycles. The molecule has 0 bridgehead atoms. The fourth-order valence-corrected chi connectivity index (χ4v) is 2.25. The Bertz CT molecular complexity index is 698. The lowest BCUT2D eigenvalue weighted by Gasteiger charge is -2.21. The van der Waals surface area contributed by atoms with Crippen LogP contribution >= 0.6 is 0 Å². The summed E-state index contributed by atoms with van der Waals surface area (Å²) in [4.78, 5) is 27.7. The van der Waals surface area contributed by atoms with Crippen LogP contribution in [0.4, 0.5) is 0 Å². The van der Waals surface area contributed by atoms with Crippen LogP contribution in [-0.4, -0.2) is 63.8 Å². The molecule has 0 radical (unpaired) electrons. The smallest absolute Gasteiger partial charge is 0.276 e. The van der Waals surface area contributed by atoms with Gasteiger partial charge in [0.15, 0.2) is 5.69 Å². The molecule has 25 heavy (non-hydrogen) atoms. The monoisotopic (exact) mass is 344 g/mol. The molecule has 0 aliphatic heterocycles. The third-order valence-corrected chi connectivity index (χ3v) is 3.69. The molecule has 8 nitrogen and oxygen atoms in total. The maximum Gasteiger partial charge on any atom is 0.276 e. The van der Waals surface area contributed by atoms with Crippen molar-refractivity contribution in [1.82, 2.24) is 24.8 Å². The van der Waals surface area contributed by atoms with E-state index in [4.69, 9.17) is 5.73 Å². The topological polar surface area (TPSA) is 97.4 Å². The van der Waals surface area contributed by atoms with Gasteiger partial charge in [0.05, 0.1) is 6.20 Å². The summed E-state index contributed by atoms with van der Waals surface area (Å²) >= 11 is 0. The van der Waals surface area contributed by atoms with E-state index in [-0.39, 0.29) is 24.1 Å². The Hall–Kier alpha value is -2.74. The summed E-state index contributed by atoms with van der Waals surface area (Å²) in [6, 6.07) is 9.74. The highest BCUT2D eigenvalue weighted by atomic mass is 16.2. The van der Waals surface area contributed by atoms with E-state index in [1.807, 2.05) is 30.3 Å². The maximum absolute atomic E-state index is 12.8. The molecule has 0 fully saturated rings. The zero-order chi connectivity index (χ0) is 18.2. The highest BCUT2D eigenvalue weighted by Crippen LogP contribution is 2.09. The molecule has 8 heteroatoms. The predicted octanol–water partition coefficient (Wildman–Crippen LogP) is 0.358. The molecule has 0 unspecified atom stereocenters. The minimum absolute atomic E-state index is 0.0504. The van der Waals surface area contributed by atoms with Gasteiger partial charge in [0.1, 0.15) is 6.54 Å². The van der Waals surface area contributed by atoms with E-state index < -0.39 is 0 Å².